The van der Waals surface area contributed by atoms with Gasteiger partial charge in [-0.05, 0) is 24.6 Å². The molecule has 1 aromatic heterocycles. The van der Waals surface area contributed by atoms with E-state index in [0.717, 1.165) is 22.6 Å². The summed E-state index contributed by atoms with van der Waals surface area (Å²) in [5, 5.41) is 5.68. The van der Waals surface area contributed by atoms with Gasteiger partial charge in [-0.2, -0.15) is 0 Å². The Morgan fingerprint density at radius 1 is 1.00 bits per heavy atom. The van der Waals surface area contributed by atoms with Gasteiger partial charge in [-0.25, -0.2) is 9.78 Å². The molecule has 0 unspecified atom stereocenters. The van der Waals surface area contributed by atoms with Crippen LogP contribution in [0.5, 0.6) is 0 Å². The number of amides is 2. The van der Waals surface area contributed by atoms with Crippen molar-refractivity contribution in [2.75, 3.05) is 6.54 Å². The lowest BCUT2D eigenvalue weighted by atomic mass is 10.2. The zero-order chi connectivity index (χ0) is 17.5. The third-order valence-electron chi connectivity index (χ3n) is 3.86. The normalized spacial score (nSPS) is 10.4. The number of aryl methyl sites for hydroxylation is 1. The molecule has 0 saturated carbocycles. The molecule has 3 aromatic rings. The lowest BCUT2D eigenvalue weighted by Crippen LogP contribution is -2.36. The van der Waals surface area contributed by atoms with Crippen LogP contribution in [0.25, 0.3) is 11.5 Å². The summed E-state index contributed by atoms with van der Waals surface area (Å²) in [6.45, 7) is 2.90. The molecule has 2 aromatic carbocycles. The summed E-state index contributed by atoms with van der Waals surface area (Å²) in [6, 6.07) is 19.4. The lowest BCUT2D eigenvalue weighted by Gasteiger charge is -2.07. The van der Waals surface area contributed by atoms with Crippen molar-refractivity contribution in [1.82, 2.24) is 15.6 Å². The van der Waals surface area contributed by atoms with E-state index in [1.807, 2.05) is 67.6 Å². The number of hydrogen-bond acceptors (Lipinski definition) is 3. The van der Waals surface area contributed by atoms with Crippen LogP contribution in [-0.4, -0.2) is 17.6 Å². The van der Waals surface area contributed by atoms with Gasteiger partial charge in [0.15, 0.2) is 0 Å². The van der Waals surface area contributed by atoms with Crippen molar-refractivity contribution in [2.24, 2.45) is 0 Å². The Kier molecular flexibility index (Phi) is 5.46. The second-order valence-corrected chi connectivity index (χ2v) is 5.73. The fourth-order valence-electron chi connectivity index (χ4n) is 2.50. The Hall–Kier alpha value is -3.08. The monoisotopic (exact) mass is 335 g/mol. The highest BCUT2D eigenvalue weighted by atomic mass is 16.4. The smallest absolute Gasteiger partial charge is 0.315 e. The predicted octanol–water partition coefficient (Wildman–Crippen LogP) is 3.69. The van der Waals surface area contributed by atoms with Gasteiger partial charge in [0, 0.05) is 25.1 Å². The third-order valence-corrected chi connectivity index (χ3v) is 3.86. The Morgan fingerprint density at radius 2 is 1.68 bits per heavy atom. The van der Waals surface area contributed by atoms with E-state index in [1.54, 1.807) is 0 Å². The van der Waals surface area contributed by atoms with Crippen LogP contribution in [0.2, 0.25) is 0 Å². The van der Waals surface area contributed by atoms with Gasteiger partial charge in [0.1, 0.15) is 5.76 Å². The molecular weight excluding hydrogens is 314 g/mol. The standard InChI is InChI=1S/C20H21N3O2/c1-15-18(23-19(25-15)17-10-6-3-7-11-17)12-13-21-20(24)22-14-16-8-4-2-5-9-16/h2-11H,12-14H2,1H3,(H2,21,22,24). The Labute approximate surface area is 147 Å². The zero-order valence-corrected chi connectivity index (χ0v) is 14.2. The Morgan fingerprint density at radius 3 is 2.40 bits per heavy atom. The number of oxazole rings is 1. The maximum absolute atomic E-state index is 11.9. The number of aromatic nitrogens is 1. The van der Waals surface area contributed by atoms with Crippen molar-refractivity contribution >= 4 is 6.03 Å². The summed E-state index contributed by atoms with van der Waals surface area (Å²) >= 11 is 0. The van der Waals surface area contributed by atoms with E-state index in [-0.39, 0.29) is 6.03 Å². The average molecular weight is 335 g/mol. The van der Waals surface area contributed by atoms with Crippen molar-refractivity contribution in [3.63, 3.8) is 0 Å². The first-order chi connectivity index (χ1) is 12.2. The summed E-state index contributed by atoms with van der Waals surface area (Å²) in [6.07, 6.45) is 0.626. The molecule has 2 amide bonds. The molecule has 0 bridgehead atoms. The molecule has 0 fully saturated rings. The van der Waals surface area contributed by atoms with Crippen LogP contribution < -0.4 is 10.6 Å². The van der Waals surface area contributed by atoms with E-state index in [1.165, 1.54) is 0 Å². The molecule has 0 spiro atoms. The van der Waals surface area contributed by atoms with Crippen LogP contribution in [0.4, 0.5) is 4.79 Å². The molecule has 5 nitrogen and oxygen atoms in total. The minimum Gasteiger partial charge on any atom is -0.441 e. The van der Waals surface area contributed by atoms with Crippen LogP contribution in [0.1, 0.15) is 17.0 Å². The molecule has 25 heavy (non-hydrogen) atoms. The van der Waals surface area contributed by atoms with Crippen molar-refractivity contribution in [3.8, 4) is 11.5 Å². The number of nitrogens with zero attached hydrogens (tertiary/aromatic N) is 1. The van der Waals surface area contributed by atoms with Crippen molar-refractivity contribution in [3.05, 3.63) is 77.7 Å². The van der Waals surface area contributed by atoms with Gasteiger partial charge in [0.2, 0.25) is 5.89 Å². The molecule has 0 radical (unpaired) electrons. The highest BCUT2D eigenvalue weighted by Crippen LogP contribution is 2.21. The van der Waals surface area contributed by atoms with Gasteiger partial charge in [0.05, 0.1) is 5.69 Å². The first kappa shape index (κ1) is 16.8. The van der Waals surface area contributed by atoms with Crippen LogP contribution in [-0.2, 0) is 13.0 Å². The molecule has 3 rings (SSSR count). The van der Waals surface area contributed by atoms with Gasteiger partial charge < -0.3 is 15.1 Å². The van der Waals surface area contributed by atoms with Gasteiger partial charge in [-0.15, -0.1) is 0 Å². The molecule has 2 N–H and O–H groups in total. The van der Waals surface area contributed by atoms with Crippen LogP contribution in [0.15, 0.2) is 65.1 Å². The minimum atomic E-state index is -0.187. The van der Waals surface area contributed by atoms with E-state index in [4.69, 9.17) is 4.42 Å². The molecule has 0 aliphatic heterocycles. The molecule has 0 aliphatic carbocycles. The largest absolute Gasteiger partial charge is 0.441 e. The first-order valence-corrected chi connectivity index (χ1v) is 8.30. The highest BCUT2D eigenvalue weighted by molar-refractivity contribution is 5.73. The maximum Gasteiger partial charge on any atom is 0.315 e. The first-order valence-electron chi connectivity index (χ1n) is 8.30. The Bertz CT molecular complexity index is 813. The quantitative estimate of drug-likeness (QED) is 0.722. The maximum atomic E-state index is 11.9. The topological polar surface area (TPSA) is 67.2 Å². The zero-order valence-electron chi connectivity index (χ0n) is 14.2. The molecule has 1 heterocycles. The van der Waals surface area contributed by atoms with Crippen LogP contribution in [0.3, 0.4) is 0 Å². The average Bonchev–Trinajstić information content (AvgIpc) is 3.02. The summed E-state index contributed by atoms with van der Waals surface area (Å²) < 4.78 is 5.72. The van der Waals surface area contributed by atoms with Crippen molar-refractivity contribution in [2.45, 2.75) is 19.9 Å². The number of carbonyl (C=O) groups excluding carboxylic acids is 1. The summed E-state index contributed by atoms with van der Waals surface area (Å²) in [5.41, 5.74) is 2.88. The van der Waals surface area contributed by atoms with Crippen LogP contribution in [0, 0.1) is 6.92 Å². The molecule has 5 heteroatoms. The summed E-state index contributed by atoms with van der Waals surface area (Å²) in [4.78, 5) is 16.4. The second-order valence-electron chi connectivity index (χ2n) is 5.73. The fourth-order valence-corrected chi connectivity index (χ4v) is 2.50. The lowest BCUT2D eigenvalue weighted by molar-refractivity contribution is 0.240. The number of hydrogen-bond donors (Lipinski definition) is 2. The van der Waals surface area contributed by atoms with Gasteiger partial charge in [-0.3, -0.25) is 0 Å². The van der Waals surface area contributed by atoms with E-state index >= 15 is 0 Å². The molecule has 0 aliphatic rings. The van der Waals surface area contributed by atoms with E-state index in [0.29, 0.717) is 25.4 Å². The van der Waals surface area contributed by atoms with Gasteiger partial charge >= 0.3 is 6.03 Å². The number of carbonyl (C=O) groups is 1. The summed E-state index contributed by atoms with van der Waals surface area (Å²) in [7, 11) is 0. The third kappa shape index (κ3) is 4.70. The van der Waals surface area contributed by atoms with Gasteiger partial charge in [-0.1, -0.05) is 48.5 Å². The van der Waals surface area contributed by atoms with E-state index in [2.05, 4.69) is 15.6 Å². The molecule has 0 atom stereocenters. The summed E-state index contributed by atoms with van der Waals surface area (Å²) in [5.74, 6) is 1.40. The highest BCUT2D eigenvalue weighted by Gasteiger charge is 2.11. The number of rotatable bonds is 6. The molecule has 128 valence electrons. The number of nitrogens with one attached hydrogen (secondary N) is 2. The van der Waals surface area contributed by atoms with Crippen LogP contribution >= 0.6 is 0 Å². The molecule has 0 saturated heterocycles. The number of urea groups is 1. The minimum absolute atomic E-state index is 0.187. The fraction of sp³-hybridized carbons (Fsp3) is 0.200. The van der Waals surface area contributed by atoms with Crippen molar-refractivity contribution in [1.29, 1.82) is 0 Å². The second kappa shape index (κ2) is 8.15. The van der Waals surface area contributed by atoms with E-state index in [9.17, 15) is 4.79 Å². The van der Waals surface area contributed by atoms with Crippen molar-refractivity contribution < 1.29 is 9.21 Å². The number of benzene rings is 2. The molecular formula is C20H21N3O2. The van der Waals surface area contributed by atoms with Gasteiger partial charge in [0.25, 0.3) is 0 Å². The van der Waals surface area contributed by atoms with E-state index < -0.39 is 0 Å². The SMILES string of the molecule is Cc1oc(-c2ccccc2)nc1CCNC(=O)NCc1ccccc1. The predicted molar refractivity (Wildman–Crippen MR) is 97.1 cm³/mol. The Balaban J connectivity index is 1.47.